The fourth-order valence-corrected chi connectivity index (χ4v) is 3.71. The van der Waals surface area contributed by atoms with Gasteiger partial charge in [0.2, 0.25) is 11.7 Å². The zero-order valence-corrected chi connectivity index (χ0v) is 18.0. The van der Waals surface area contributed by atoms with Gasteiger partial charge in [-0.05, 0) is 36.6 Å². The predicted molar refractivity (Wildman–Crippen MR) is 115 cm³/mol. The summed E-state index contributed by atoms with van der Waals surface area (Å²) < 4.78 is 5.29. The molecule has 158 valence electrons. The molecule has 0 saturated carbocycles. The molecule has 0 radical (unpaired) electrons. The van der Waals surface area contributed by atoms with Gasteiger partial charge in [-0.3, -0.25) is 14.4 Å². The van der Waals surface area contributed by atoms with Crippen LogP contribution < -0.4 is 10.1 Å². The number of nitrogens with zero attached hydrogens (tertiary/aromatic N) is 1. The maximum Gasteiger partial charge on any atom is 0.291 e. The molecular weight excluding hydrogens is 427 g/mol. The normalized spacial score (nSPS) is 16.1. The number of halogens is 2. The second-order valence-corrected chi connectivity index (χ2v) is 7.87. The smallest absolute Gasteiger partial charge is 0.291 e. The lowest BCUT2D eigenvalue weighted by Crippen LogP contribution is -2.36. The Morgan fingerprint density at radius 3 is 2.67 bits per heavy atom. The standard InChI is InChI=1S/C22H22Cl2N2O4/c1-30-19-7-3-2-6-15(19)12-26-13-16(20(27)22(26)29)21(28)25-10-4-5-14-8-9-17(23)18(24)11-14/h2-3,6-9,11,16H,4-5,10,12-13H2,1H3,(H,25,28). The maximum atomic E-state index is 12.5. The van der Waals surface area contributed by atoms with Crippen molar-refractivity contribution < 1.29 is 19.1 Å². The molecule has 1 unspecified atom stereocenters. The number of methoxy groups -OCH3 is 1. The number of nitrogens with one attached hydrogen (secondary N) is 1. The van der Waals surface area contributed by atoms with E-state index in [1.807, 2.05) is 24.3 Å². The van der Waals surface area contributed by atoms with E-state index in [9.17, 15) is 14.4 Å². The number of carbonyl (C=O) groups is 3. The molecule has 2 aromatic rings. The number of hydrogen-bond acceptors (Lipinski definition) is 4. The van der Waals surface area contributed by atoms with Gasteiger partial charge in [0.05, 0.1) is 17.2 Å². The number of ether oxygens (including phenoxy) is 1. The number of Topliss-reactive ketones (excluding diaryl/α,β-unsaturated/α-hetero) is 1. The van der Waals surface area contributed by atoms with Crippen molar-refractivity contribution in [3.8, 4) is 5.75 Å². The molecule has 1 fully saturated rings. The molecule has 1 atom stereocenters. The van der Waals surface area contributed by atoms with E-state index in [-0.39, 0.29) is 13.1 Å². The molecule has 0 aromatic heterocycles. The van der Waals surface area contributed by atoms with Crippen LogP contribution in [0, 0.1) is 5.92 Å². The number of aryl methyl sites for hydroxylation is 1. The molecule has 0 spiro atoms. The summed E-state index contributed by atoms with van der Waals surface area (Å²) in [6, 6.07) is 12.7. The minimum Gasteiger partial charge on any atom is -0.496 e. The van der Waals surface area contributed by atoms with Crippen LogP contribution in [0.15, 0.2) is 42.5 Å². The third kappa shape index (κ3) is 5.12. The van der Waals surface area contributed by atoms with E-state index in [0.29, 0.717) is 35.2 Å². The first-order chi connectivity index (χ1) is 14.4. The minimum absolute atomic E-state index is 0.0638. The van der Waals surface area contributed by atoms with Gasteiger partial charge < -0.3 is 15.0 Å². The third-order valence-corrected chi connectivity index (χ3v) is 5.75. The summed E-state index contributed by atoms with van der Waals surface area (Å²) in [7, 11) is 1.55. The molecule has 8 heteroatoms. The first-order valence-corrected chi connectivity index (χ1v) is 10.3. The summed E-state index contributed by atoms with van der Waals surface area (Å²) >= 11 is 11.9. The Morgan fingerprint density at radius 2 is 1.93 bits per heavy atom. The molecular formula is C22H22Cl2N2O4. The van der Waals surface area contributed by atoms with E-state index in [1.165, 1.54) is 4.90 Å². The second-order valence-electron chi connectivity index (χ2n) is 7.06. The molecule has 1 heterocycles. The highest BCUT2D eigenvalue weighted by atomic mass is 35.5. The number of hydrogen-bond donors (Lipinski definition) is 1. The summed E-state index contributed by atoms with van der Waals surface area (Å²) in [5, 5.41) is 3.74. The lowest BCUT2D eigenvalue weighted by molar-refractivity contribution is -0.142. The Kier molecular flexibility index (Phi) is 7.34. The first-order valence-electron chi connectivity index (χ1n) is 9.57. The zero-order valence-electron chi connectivity index (χ0n) is 16.5. The summed E-state index contributed by atoms with van der Waals surface area (Å²) in [5.74, 6) is -2.10. The topological polar surface area (TPSA) is 75.7 Å². The third-order valence-electron chi connectivity index (χ3n) is 5.01. The van der Waals surface area contributed by atoms with Crippen LogP contribution in [-0.2, 0) is 27.3 Å². The van der Waals surface area contributed by atoms with E-state index >= 15 is 0 Å². The Hall–Kier alpha value is -2.57. The molecule has 1 N–H and O–H groups in total. The fourth-order valence-electron chi connectivity index (χ4n) is 3.39. The summed E-state index contributed by atoms with van der Waals surface area (Å²) in [5.41, 5.74) is 1.79. The van der Waals surface area contributed by atoms with Crippen molar-refractivity contribution in [1.82, 2.24) is 10.2 Å². The van der Waals surface area contributed by atoms with Crippen LogP contribution in [-0.4, -0.2) is 42.7 Å². The van der Waals surface area contributed by atoms with Crippen molar-refractivity contribution >= 4 is 40.8 Å². The Labute approximate surface area is 185 Å². The van der Waals surface area contributed by atoms with E-state index in [1.54, 1.807) is 25.3 Å². The molecule has 1 saturated heterocycles. The Balaban J connectivity index is 1.51. The number of carbonyl (C=O) groups excluding carboxylic acids is 3. The van der Waals surface area contributed by atoms with Gasteiger partial charge in [0.1, 0.15) is 11.7 Å². The van der Waals surface area contributed by atoms with Crippen LogP contribution in [0.4, 0.5) is 0 Å². The van der Waals surface area contributed by atoms with Crippen molar-refractivity contribution in [2.75, 3.05) is 20.2 Å². The van der Waals surface area contributed by atoms with Crippen LogP contribution in [0.1, 0.15) is 17.5 Å². The average molecular weight is 449 g/mol. The van der Waals surface area contributed by atoms with Gasteiger partial charge in [-0.15, -0.1) is 0 Å². The molecule has 0 aliphatic carbocycles. The van der Waals surface area contributed by atoms with Crippen molar-refractivity contribution in [3.05, 3.63) is 63.6 Å². The molecule has 1 aliphatic rings. The second kappa shape index (κ2) is 9.96. The highest BCUT2D eigenvalue weighted by Gasteiger charge is 2.43. The van der Waals surface area contributed by atoms with Gasteiger partial charge in [-0.2, -0.15) is 0 Å². The number of benzene rings is 2. The molecule has 30 heavy (non-hydrogen) atoms. The molecule has 1 aliphatic heterocycles. The van der Waals surface area contributed by atoms with Crippen molar-refractivity contribution in [3.63, 3.8) is 0 Å². The first kappa shape index (κ1) is 22.1. The van der Waals surface area contributed by atoms with Crippen LogP contribution in [0.3, 0.4) is 0 Å². The number of amides is 2. The predicted octanol–water partition coefficient (Wildman–Crippen LogP) is 3.28. The largest absolute Gasteiger partial charge is 0.496 e. The van der Waals surface area contributed by atoms with Crippen LogP contribution in [0.5, 0.6) is 5.75 Å². The molecule has 3 rings (SSSR count). The lowest BCUT2D eigenvalue weighted by atomic mass is 10.1. The van der Waals surface area contributed by atoms with E-state index in [2.05, 4.69) is 5.32 Å². The van der Waals surface area contributed by atoms with Crippen LogP contribution in [0.25, 0.3) is 0 Å². The average Bonchev–Trinajstić information content (AvgIpc) is 3.02. The van der Waals surface area contributed by atoms with Crippen LogP contribution >= 0.6 is 23.2 Å². The minimum atomic E-state index is -0.989. The van der Waals surface area contributed by atoms with Gasteiger partial charge >= 0.3 is 0 Å². The number of ketones is 1. The van der Waals surface area contributed by atoms with E-state index < -0.39 is 23.5 Å². The molecule has 2 aromatic carbocycles. The molecule has 0 bridgehead atoms. The maximum absolute atomic E-state index is 12.5. The summed E-state index contributed by atoms with van der Waals surface area (Å²) in [6.45, 7) is 0.674. The Morgan fingerprint density at radius 1 is 1.17 bits per heavy atom. The highest BCUT2D eigenvalue weighted by Crippen LogP contribution is 2.24. The van der Waals surface area contributed by atoms with Gasteiger partial charge in [0.15, 0.2) is 0 Å². The summed E-state index contributed by atoms with van der Waals surface area (Å²) in [4.78, 5) is 38.5. The van der Waals surface area contributed by atoms with Gasteiger partial charge in [-0.25, -0.2) is 0 Å². The molecule has 2 amide bonds. The zero-order chi connectivity index (χ0) is 21.7. The van der Waals surface area contributed by atoms with Crippen molar-refractivity contribution in [2.45, 2.75) is 19.4 Å². The lowest BCUT2D eigenvalue weighted by Gasteiger charge is -2.17. The fraction of sp³-hybridized carbons (Fsp3) is 0.318. The van der Waals surface area contributed by atoms with Gasteiger partial charge in [0.25, 0.3) is 5.91 Å². The van der Waals surface area contributed by atoms with Crippen molar-refractivity contribution in [2.24, 2.45) is 5.92 Å². The summed E-state index contributed by atoms with van der Waals surface area (Å²) in [6.07, 6.45) is 1.37. The van der Waals surface area contributed by atoms with Gasteiger partial charge in [0, 0.05) is 25.2 Å². The van der Waals surface area contributed by atoms with Crippen LogP contribution in [0.2, 0.25) is 10.0 Å². The van der Waals surface area contributed by atoms with Gasteiger partial charge in [-0.1, -0.05) is 47.5 Å². The monoisotopic (exact) mass is 448 g/mol. The number of para-hydroxylation sites is 1. The number of rotatable bonds is 8. The SMILES string of the molecule is COc1ccccc1CN1CC(C(=O)NCCCc2ccc(Cl)c(Cl)c2)C(=O)C1=O. The number of likely N-dealkylation sites (tertiary alicyclic amines) is 1. The van der Waals surface area contributed by atoms with Crippen molar-refractivity contribution in [1.29, 1.82) is 0 Å². The quantitative estimate of drug-likeness (QED) is 0.381. The van der Waals surface area contributed by atoms with E-state index in [0.717, 1.165) is 11.1 Å². The van der Waals surface area contributed by atoms with E-state index in [4.69, 9.17) is 27.9 Å². The Bertz CT molecular complexity index is 964. The molecule has 6 nitrogen and oxygen atoms in total. The highest BCUT2D eigenvalue weighted by molar-refractivity contribution is 6.42.